The van der Waals surface area contributed by atoms with Gasteiger partial charge in [0.15, 0.2) is 0 Å². The zero-order valence-corrected chi connectivity index (χ0v) is 16.7. The summed E-state index contributed by atoms with van der Waals surface area (Å²) < 4.78 is 27.4. The van der Waals surface area contributed by atoms with Crippen LogP contribution in [0.15, 0.2) is 29.2 Å². The monoisotopic (exact) mass is 393 g/mol. The van der Waals surface area contributed by atoms with Crippen LogP contribution in [0.4, 0.5) is 5.69 Å². The molecule has 7 nitrogen and oxygen atoms in total. The van der Waals surface area contributed by atoms with Gasteiger partial charge < -0.3 is 10.2 Å². The minimum atomic E-state index is -3.66. The van der Waals surface area contributed by atoms with Crippen LogP contribution in [0.1, 0.15) is 39.5 Å². The third-order valence-corrected chi connectivity index (χ3v) is 6.92. The molecule has 1 N–H and O–H groups in total. The van der Waals surface area contributed by atoms with E-state index in [9.17, 15) is 18.0 Å². The zero-order chi connectivity index (χ0) is 19.6. The average molecular weight is 394 g/mol. The lowest BCUT2D eigenvalue weighted by Gasteiger charge is -2.31. The van der Waals surface area contributed by atoms with E-state index in [1.807, 2.05) is 13.8 Å². The summed E-state index contributed by atoms with van der Waals surface area (Å²) in [5.74, 6) is -0.342. The van der Waals surface area contributed by atoms with Gasteiger partial charge in [-0.1, -0.05) is 0 Å². The van der Waals surface area contributed by atoms with Gasteiger partial charge in [-0.15, -0.1) is 0 Å². The summed E-state index contributed by atoms with van der Waals surface area (Å²) in [6.07, 6.45) is 2.72. The Bertz CT molecular complexity index is 805. The van der Waals surface area contributed by atoms with Crippen molar-refractivity contribution >= 4 is 27.5 Å². The lowest BCUT2D eigenvalue weighted by molar-refractivity contribution is -0.126. The fourth-order valence-electron chi connectivity index (χ4n) is 3.65. The minimum absolute atomic E-state index is 0.0327. The number of hydrogen-bond acceptors (Lipinski definition) is 4. The highest BCUT2D eigenvalue weighted by Crippen LogP contribution is 2.27. The molecule has 2 heterocycles. The van der Waals surface area contributed by atoms with Gasteiger partial charge in [0.25, 0.3) is 0 Å². The SMILES string of the molecule is CC(C)NC(=O)[C@@H]1CCCN(S(=O)(=O)c2ccc(N3CCCC3=O)cc2)C1. The Morgan fingerprint density at radius 3 is 2.44 bits per heavy atom. The summed E-state index contributed by atoms with van der Waals surface area (Å²) in [5.41, 5.74) is 0.726. The number of sulfonamides is 1. The molecule has 2 aliphatic rings. The van der Waals surface area contributed by atoms with Crippen molar-refractivity contribution < 1.29 is 18.0 Å². The molecule has 0 saturated carbocycles. The van der Waals surface area contributed by atoms with Crippen molar-refractivity contribution in [2.24, 2.45) is 5.92 Å². The first kappa shape index (κ1) is 19.8. The number of nitrogens with one attached hydrogen (secondary N) is 1. The minimum Gasteiger partial charge on any atom is -0.354 e. The first-order chi connectivity index (χ1) is 12.8. The Morgan fingerprint density at radius 1 is 1.15 bits per heavy atom. The number of hydrogen-bond donors (Lipinski definition) is 1. The van der Waals surface area contributed by atoms with E-state index >= 15 is 0 Å². The van der Waals surface area contributed by atoms with Crippen LogP contribution in [0.25, 0.3) is 0 Å². The van der Waals surface area contributed by atoms with Crippen LogP contribution < -0.4 is 10.2 Å². The predicted molar refractivity (Wildman–Crippen MR) is 103 cm³/mol. The van der Waals surface area contributed by atoms with Crippen molar-refractivity contribution in [3.05, 3.63) is 24.3 Å². The second-order valence-electron chi connectivity index (χ2n) is 7.51. The van der Waals surface area contributed by atoms with E-state index in [0.29, 0.717) is 32.4 Å². The molecule has 27 heavy (non-hydrogen) atoms. The van der Waals surface area contributed by atoms with E-state index in [4.69, 9.17) is 0 Å². The molecule has 0 spiro atoms. The van der Waals surface area contributed by atoms with Crippen LogP contribution in [0.5, 0.6) is 0 Å². The van der Waals surface area contributed by atoms with Crippen molar-refractivity contribution in [1.29, 1.82) is 0 Å². The maximum Gasteiger partial charge on any atom is 0.243 e. The third-order valence-electron chi connectivity index (χ3n) is 5.05. The number of amides is 2. The topological polar surface area (TPSA) is 86.8 Å². The number of carbonyl (C=O) groups excluding carboxylic acids is 2. The highest BCUT2D eigenvalue weighted by Gasteiger charge is 2.33. The first-order valence-electron chi connectivity index (χ1n) is 9.50. The van der Waals surface area contributed by atoms with Crippen molar-refractivity contribution in [2.75, 3.05) is 24.5 Å². The fourth-order valence-corrected chi connectivity index (χ4v) is 5.17. The summed E-state index contributed by atoms with van der Waals surface area (Å²) in [6.45, 7) is 5.07. The molecule has 2 amide bonds. The van der Waals surface area contributed by atoms with Gasteiger partial charge in [0, 0.05) is 37.8 Å². The Hall–Kier alpha value is -1.93. The molecule has 0 aromatic heterocycles. The molecule has 3 rings (SSSR count). The average Bonchev–Trinajstić information content (AvgIpc) is 3.07. The van der Waals surface area contributed by atoms with E-state index < -0.39 is 10.0 Å². The predicted octanol–water partition coefficient (Wildman–Crippen LogP) is 1.74. The standard InChI is InChI=1S/C19H27N3O4S/c1-14(2)20-19(24)15-5-3-11-21(13-15)27(25,26)17-9-7-16(8-10-17)22-12-4-6-18(22)23/h7-10,14-15H,3-6,11-13H2,1-2H3,(H,20,24)/t15-/m1/s1. The Balaban J connectivity index is 1.73. The lowest BCUT2D eigenvalue weighted by Crippen LogP contribution is -2.46. The molecular formula is C19H27N3O4S. The summed E-state index contributed by atoms with van der Waals surface area (Å²) >= 11 is 0. The van der Waals surface area contributed by atoms with Crippen LogP contribution >= 0.6 is 0 Å². The summed E-state index contributed by atoms with van der Waals surface area (Å²) in [6, 6.07) is 6.50. The van der Waals surface area contributed by atoms with Gasteiger partial charge in [0.1, 0.15) is 0 Å². The maximum atomic E-state index is 13.0. The molecule has 148 valence electrons. The third kappa shape index (κ3) is 4.32. The Labute approximate surface area is 160 Å². The molecule has 1 aromatic rings. The summed E-state index contributed by atoms with van der Waals surface area (Å²) in [5, 5.41) is 2.87. The van der Waals surface area contributed by atoms with Crippen LogP contribution in [0.3, 0.4) is 0 Å². The highest BCUT2D eigenvalue weighted by atomic mass is 32.2. The van der Waals surface area contributed by atoms with Crippen molar-refractivity contribution in [1.82, 2.24) is 9.62 Å². The molecule has 0 bridgehead atoms. The van der Waals surface area contributed by atoms with Gasteiger partial charge in [0.2, 0.25) is 21.8 Å². The molecule has 1 aromatic carbocycles. The second kappa shape index (κ2) is 7.98. The number of benzene rings is 1. The molecule has 8 heteroatoms. The Morgan fingerprint density at radius 2 is 1.85 bits per heavy atom. The number of nitrogens with zero attached hydrogens (tertiary/aromatic N) is 2. The van der Waals surface area contributed by atoms with E-state index in [1.165, 1.54) is 4.31 Å². The van der Waals surface area contributed by atoms with Crippen LogP contribution in [0, 0.1) is 5.92 Å². The molecule has 0 radical (unpaired) electrons. The van der Waals surface area contributed by atoms with Crippen molar-refractivity contribution in [2.45, 2.75) is 50.5 Å². The normalized spacial score (nSPS) is 21.7. The van der Waals surface area contributed by atoms with E-state index in [2.05, 4.69) is 5.32 Å². The molecule has 2 fully saturated rings. The number of rotatable bonds is 5. The number of carbonyl (C=O) groups is 2. The van der Waals surface area contributed by atoms with Crippen molar-refractivity contribution in [3.63, 3.8) is 0 Å². The molecular weight excluding hydrogens is 366 g/mol. The Kier molecular flexibility index (Phi) is 5.86. The summed E-state index contributed by atoms with van der Waals surface area (Å²) in [7, 11) is -3.66. The van der Waals surface area contributed by atoms with E-state index in [1.54, 1.807) is 29.2 Å². The van der Waals surface area contributed by atoms with Crippen molar-refractivity contribution in [3.8, 4) is 0 Å². The van der Waals surface area contributed by atoms with Gasteiger partial charge in [-0.25, -0.2) is 8.42 Å². The van der Waals surface area contributed by atoms with E-state index in [-0.39, 0.29) is 35.2 Å². The quantitative estimate of drug-likeness (QED) is 0.826. The first-order valence-corrected chi connectivity index (χ1v) is 10.9. The van der Waals surface area contributed by atoms with Gasteiger partial charge in [-0.3, -0.25) is 9.59 Å². The molecule has 0 aliphatic carbocycles. The van der Waals surface area contributed by atoms with Crippen LogP contribution in [-0.2, 0) is 19.6 Å². The smallest absolute Gasteiger partial charge is 0.243 e. The van der Waals surface area contributed by atoms with Crippen LogP contribution in [-0.4, -0.2) is 50.2 Å². The van der Waals surface area contributed by atoms with Gasteiger partial charge in [-0.2, -0.15) is 4.31 Å². The maximum absolute atomic E-state index is 13.0. The molecule has 0 unspecified atom stereocenters. The number of piperidine rings is 1. The van der Waals surface area contributed by atoms with Gasteiger partial charge in [0.05, 0.1) is 10.8 Å². The van der Waals surface area contributed by atoms with Crippen LogP contribution in [0.2, 0.25) is 0 Å². The molecule has 1 atom stereocenters. The lowest BCUT2D eigenvalue weighted by atomic mass is 9.98. The molecule has 2 saturated heterocycles. The highest BCUT2D eigenvalue weighted by molar-refractivity contribution is 7.89. The second-order valence-corrected chi connectivity index (χ2v) is 9.45. The number of anilines is 1. The van der Waals surface area contributed by atoms with Gasteiger partial charge >= 0.3 is 0 Å². The van der Waals surface area contributed by atoms with E-state index in [0.717, 1.165) is 12.1 Å². The van der Waals surface area contributed by atoms with Gasteiger partial charge in [-0.05, 0) is 57.4 Å². The summed E-state index contributed by atoms with van der Waals surface area (Å²) in [4.78, 5) is 26.0. The molecule has 2 aliphatic heterocycles. The largest absolute Gasteiger partial charge is 0.354 e. The fraction of sp³-hybridized carbons (Fsp3) is 0.579. The zero-order valence-electron chi connectivity index (χ0n) is 15.8.